The number of fused-ring (bicyclic) bond motifs is 1. The zero-order valence-corrected chi connectivity index (χ0v) is 16.4. The Morgan fingerprint density at radius 1 is 1.46 bits per heavy atom. The fourth-order valence-electron chi connectivity index (χ4n) is 3.18. The van der Waals surface area contributed by atoms with E-state index in [0.29, 0.717) is 16.0 Å². The molecule has 1 heterocycles. The summed E-state index contributed by atoms with van der Waals surface area (Å²) in [6.45, 7) is 2.54. The van der Waals surface area contributed by atoms with Crippen LogP contribution in [0.25, 0.3) is 0 Å². The number of halogens is 3. The van der Waals surface area contributed by atoms with Crippen molar-refractivity contribution in [3.8, 4) is 6.07 Å². The summed E-state index contributed by atoms with van der Waals surface area (Å²) in [5.41, 5.74) is 2.63. The van der Waals surface area contributed by atoms with E-state index in [1.807, 2.05) is 31.2 Å². The smallest absolute Gasteiger partial charge is 0.242 e. The lowest BCUT2D eigenvalue weighted by molar-refractivity contribution is -0.131. The van der Waals surface area contributed by atoms with Crippen LogP contribution in [-0.2, 0) is 11.2 Å². The maximum absolute atomic E-state index is 14.0. The zero-order valence-electron chi connectivity index (χ0n) is 14.0. The van der Waals surface area contributed by atoms with Gasteiger partial charge in [0.25, 0.3) is 0 Å². The van der Waals surface area contributed by atoms with Gasteiger partial charge in [0.05, 0.1) is 23.8 Å². The first kappa shape index (κ1) is 18.7. The van der Waals surface area contributed by atoms with E-state index in [9.17, 15) is 9.18 Å². The first-order valence-corrected chi connectivity index (χ1v) is 9.28. The summed E-state index contributed by atoms with van der Waals surface area (Å²) in [7, 11) is 0. The van der Waals surface area contributed by atoms with Gasteiger partial charge in [-0.1, -0.05) is 17.7 Å². The van der Waals surface area contributed by atoms with Gasteiger partial charge in [0.1, 0.15) is 11.9 Å². The van der Waals surface area contributed by atoms with Crippen LogP contribution >= 0.6 is 27.5 Å². The van der Waals surface area contributed by atoms with Crippen molar-refractivity contribution in [2.45, 2.75) is 19.4 Å². The van der Waals surface area contributed by atoms with Crippen LogP contribution in [0.1, 0.15) is 29.7 Å². The molecule has 26 heavy (non-hydrogen) atoms. The van der Waals surface area contributed by atoms with Crippen molar-refractivity contribution in [1.29, 1.82) is 5.26 Å². The minimum absolute atomic E-state index is 0.0253. The third kappa shape index (κ3) is 3.69. The second-order valence-electron chi connectivity index (χ2n) is 6.13. The van der Waals surface area contributed by atoms with Gasteiger partial charge < -0.3 is 10.2 Å². The molecule has 1 atom stereocenters. The van der Waals surface area contributed by atoms with Crippen molar-refractivity contribution in [1.82, 2.24) is 4.90 Å². The lowest BCUT2D eigenvalue weighted by atomic mass is 9.93. The molecular weight excluding hydrogens is 421 g/mol. The van der Waals surface area contributed by atoms with Crippen molar-refractivity contribution in [3.63, 3.8) is 0 Å². The van der Waals surface area contributed by atoms with E-state index in [2.05, 4.69) is 21.2 Å². The number of benzene rings is 2. The standard InChI is InChI=1S/C19H16BrClFN3O/c1-11-15-3-2-14(21)6-12(15)4-5-25(11)19(26)10-24-18-8-16(20)13(9-23)7-17(18)22/h2-3,6-8,11,24H,4-5,10H2,1H3/t11-/m0/s1. The Labute approximate surface area is 164 Å². The highest BCUT2D eigenvalue weighted by atomic mass is 79.9. The fraction of sp³-hybridized carbons (Fsp3) is 0.263. The quantitative estimate of drug-likeness (QED) is 0.760. The second kappa shape index (κ2) is 7.65. The number of rotatable bonds is 3. The summed E-state index contributed by atoms with van der Waals surface area (Å²) in [6.07, 6.45) is 0.739. The Bertz CT molecular complexity index is 912. The highest BCUT2D eigenvalue weighted by Crippen LogP contribution is 2.31. The van der Waals surface area contributed by atoms with Gasteiger partial charge in [-0.2, -0.15) is 5.26 Å². The van der Waals surface area contributed by atoms with Crippen molar-refractivity contribution in [2.75, 3.05) is 18.4 Å². The SMILES string of the molecule is C[C@H]1c2ccc(Cl)cc2CCN1C(=O)CNc1cc(Br)c(C#N)cc1F. The Balaban J connectivity index is 1.71. The van der Waals surface area contributed by atoms with Crippen molar-refractivity contribution < 1.29 is 9.18 Å². The fourth-order valence-corrected chi connectivity index (χ4v) is 3.81. The van der Waals surface area contributed by atoms with Crippen molar-refractivity contribution in [3.05, 3.63) is 62.3 Å². The molecule has 0 saturated heterocycles. The lowest BCUT2D eigenvalue weighted by Crippen LogP contribution is -2.41. The molecule has 0 aromatic heterocycles. The van der Waals surface area contributed by atoms with Gasteiger partial charge in [-0.3, -0.25) is 4.79 Å². The number of carbonyl (C=O) groups excluding carboxylic acids is 1. The molecule has 0 radical (unpaired) electrons. The van der Waals surface area contributed by atoms with Crippen molar-refractivity contribution in [2.24, 2.45) is 0 Å². The Kier molecular flexibility index (Phi) is 5.49. The largest absolute Gasteiger partial charge is 0.374 e. The molecule has 1 amide bonds. The number of nitrogens with one attached hydrogen (secondary N) is 1. The van der Waals surface area contributed by atoms with E-state index < -0.39 is 5.82 Å². The van der Waals surface area contributed by atoms with Gasteiger partial charge in [-0.25, -0.2) is 4.39 Å². The average Bonchev–Trinajstić information content (AvgIpc) is 2.62. The summed E-state index contributed by atoms with van der Waals surface area (Å²) in [5, 5.41) is 12.4. The first-order chi connectivity index (χ1) is 12.4. The van der Waals surface area contributed by atoms with Crippen LogP contribution in [0.4, 0.5) is 10.1 Å². The summed E-state index contributed by atoms with van der Waals surface area (Å²) >= 11 is 9.26. The normalized spacial score (nSPS) is 16.0. The van der Waals surface area contributed by atoms with E-state index in [0.717, 1.165) is 23.6 Å². The molecule has 0 bridgehead atoms. The molecule has 0 unspecified atom stereocenters. The Morgan fingerprint density at radius 3 is 2.96 bits per heavy atom. The maximum Gasteiger partial charge on any atom is 0.242 e. The molecule has 2 aromatic rings. The molecule has 0 spiro atoms. The predicted molar refractivity (Wildman–Crippen MR) is 103 cm³/mol. The molecule has 7 heteroatoms. The van der Waals surface area contributed by atoms with E-state index in [1.165, 1.54) is 6.07 Å². The summed E-state index contributed by atoms with van der Waals surface area (Å²) in [6, 6.07) is 10.2. The van der Waals surface area contributed by atoms with Crippen LogP contribution in [0.5, 0.6) is 0 Å². The number of hydrogen-bond acceptors (Lipinski definition) is 3. The van der Waals surface area contributed by atoms with E-state index in [-0.39, 0.29) is 29.7 Å². The van der Waals surface area contributed by atoms with E-state index in [4.69, 9.17) is 16.9 Å². The molecular formula is C19H16BrClFN3O. The first-order valence-electron chi connectivity index (χ1n) is 8.11. The van der Waals surface area contributed by atoms with Gasteiger partial charge in [0.2, 0.25) is 5.91 Å². The minimum Gasteiger partial charge on any atom is -0.374 e. The number of nitrogens with zero attached hydrogens (tertiary/aromatic N) is 2. The van der Waals surface area contributed by atoms with Crippen LogP contribution in [0.2, 0.25) is 5.02 Å². The lowest BCUT2D eigenvalue weighted by Gasteiger charge is -2.35. The maximum atomic E-state index is 14.0. The molecule has 2 aromatic carbocycles. The van der Waals surface area contributed by atoms with Crippen LogP contribution in [0, 0.1) is 17.1 Å². The molecule has 1 aliphatic heterocycles. The van der Waals surface area contributed by atoms with Gasteiger partial charge >= 0.3 is 0 Å². The monoisotopic (exact) mass is 435 g/mol. The summed E-state index contributed by atoms with van der Waals surface area (Å²) in [5.74, 6) is -0.679. The van der Waals surface area contributed by atoms with Gasteiger partial charge in [0, 0.05) is 16.0 Å². The predicted octanol–water partition coefficient (Wildman–Crippen LogP) is 4.67. The molecule has 0 fully saturated rings. The van der Waals surface area contributed by atoms with E-state index >= 15 is 0 Å². The molecule has 134 valence electrons. The van der Waals surface area contributed by atoms with Crippen molar-refractivity contribution >= 4 is 39.1 Å². The van der Waals surface area contributed by atoms with Crippen LogP contribution in [0.15, 0.2) is 34.8 Å². The minimum atomic E-state index is -0.566. The third-order valence-corrected chi connectivity index (χ3v) is 5.46. The highest BCUT2D eigenvalue weighted by Gasteiger charge is 2.27. The summed E-state index contributed by atoms with van der Waals surface area (Å²) < 4.78 is 14.5. The van der Waals surface area contributed by atoms with Crippen LogP contribution < -0.4 is 5.32 Å². The number of nitriles is 1. The molecule has 0 aliphatic carbocycles. The Morgan fingerprint density at radius 2 is 2.23 bits per heavy atom. The number of hydrogen-bond donors (Lipinski definition) is 1. The molecule has 4 nitrogen and oxygen atoms in total. The van der Waals surface area contributed by atoms with Gasteiger partial charge in [-0.05, 0) is 64.7 Å². The van der Waals surface area contributed by atoms with Gasteiger partial charge in [0.15, 0.2) is 0 Å². The average molecular weight is 437 g/mol. The third-order valence-electron chi connectivity index (χ3n) is 4.57. The molecule has 3 rings (SSSR count). The van der Waals surface area contributed by atoms with Crippen LogP contribution in [0.3, 0.4) is 0 Å². The number of anilines is 1. The van der Waals surface area contributed by atoms with Gasteiger partial charge in [-0.15, -0.1) is 0 Å². The summed E-state index contributed by atoms with van der Waals surface area (Å²) in [4.78, 5) is 14.4. The molecule has 1 N–H and O–H groups in total. The second-order valence-corrected chi connectivity index (χ2v) is 7.42. The molecule has 0 saturated carbocycles. The Hall–Kier alpha value is -2.10. The molecule has 1 aliphatic rings. The van der Waals surface area contributed by atoms with E-state index in [1.54, 1.807) is 4.90 Å². The topological polar surface area (TPSA) is 56.1 Å². The highest BCUT2D eigenvalue weighted by molar-refractivity contribution is 9.10. The van der Waals surface area contributed by atoms with Crippen LogP contribution in [-0.4, -0.2) is 23.9 Å². The number of carbonyl (C=O) groups is 1. The number of amides is 1. The zero-order chi connectivity index (χ0) is 18.8.